The molecule has 0 aromatic rings. The summed E-state index contributed by atoms with van der Waals surface area (Å²) < 4.78 is 5.02. The van der Waals surface area contributed by atoms with Gasteiger partial charge in [0.05, 0.1) is 6.10 Å². The van der Waals surface area contributed by atoms with Crippen molar-refractivity contribution >= 4 is 8.60 Å². The lowest BCUT2D eigenvalue weighted by Crippen LogP contribution is -2.08. The van der Waals surface area contributed by atoms with Crippen LogP contribution in [0.25, 0.3) is 0 Å². The molecule has 0 aliphatic rings. The maximum Gasteiger partial charge on any atom is 0.327 e. The smallest absolute Gasteiger partial charge is 0.327 e. The van der Waals surface area contributed by atoms with Crippen molar-refractivity contribution in [3.05, 3.63) is 0 Å². The average molecular weight is 250 g/mol. The Morgan fingerprint density at radius 3 is 2.00 bits per heavy atom. The van der Waals surface area contributed by atoms with Gasteiger partial charge in [-0.1, -0.05) is 58.8 Å². The number of unbranched alkanes of at least 4 members (excludes halogenated alkanes) is 6. The van der Waals surface area contributed by atoms with E-state index < -0.39 is 8.60 Å². The maximum atomic E-state index is 8.75. The van der Waals surface area contributed by atoms with E-state index in [-0.39, 0.29) is 6.10 Å². The van der Waals surface area contributed by atoms with Gasteiger partial charge in [-0.3, -0.25) is 0 Å². The Bertz CT molecular complexity index is 142. The summed E-state index contributed by atoms with van der Waals surface area (Å²) in [5.74, 6) is 0. The van der Waals surface area contributed by atoms with Gasteiger partial charge < -0.3 is 14.3 Å². The van der Waals surface area contributed by atoms with Crippen molar-refractivity contribution < 1.29 is 14.3 Å². The van der Waals surface area contributed by atoms with Crippen molar-refractivity contribution in [3.63, 3.8) is 0 Å². The molecule has 0 saturated carbocycles. The predicted octanol–water partition coefficient (Wildman–Crippen LogP) is 4.13. The molecule has 0 fully saturated rings. The fraction of sp³-hybridized carbons (Fsp3) is 1.00. The van der Waals surface area contributed by atoms with Gasteiger partial charge in [-0.05, 0) is 12.8 Å². The van der Waals surface area contributed by atoms with E-state index in [1.54, 1.807) is 0 Å². The first-order valence-electron chi connectivity index (χ1n) is 6.55. The summed E-state index contributed by atoms with van der Waals surface area (Å²) in [6.45, 7) is 4.25. The summed E-state index contributed by atoms with van der Waals surface area (Å²) in [7, 11) is -2.18. The van der Waals surface area contributed by atoms with Gasteiger partial charge in [-0.15, -0.1) is 0 Å². The van der Waals surface area contributed by atoms with Crippen LogP contribution in [-0.2, 0) is 4.52 Å². The molecule has 3 nitrogen and oxygen atoms in total. The van der Waals surface area contributed by atoms with Gasteiger partial charge in [0.15, 0.2) is 0 Å². The van der Waals surface area contributed by atoms with E-state index >= 15 is 0 Å². The average Bonchev–Trinajstić information content (AvgIpc) is 2.25. The Labute approximate surface area is 101 Å². The highest BCUT2D eigenvalue weighted by Gasteiger charge is 2.11. The van der Waals surface area contributed by atoms with Gasteiger partial charge in [0.25, 0.3) is 0 Å². The zero-order valence-electron chi connectivity index (χ0n) is 10.7. The molecule has 0 aromatic heterocycles. The molecule has 4 heteroatoms. The zero-order valence-corrected chi connectivity index (χ0v) is 11.6. The molecule has 0 saturated heterocycles. The third kappa shape index (κ3) is 10.8. The standard InChI is InChI=1S/C12H27O3P/c1-3-5-6-7-8-9-10-11-12(4-2)15-16(13)14/h12-14H,3-11H2,1-2H3. The Hall–Kier alpha value is 0.310. The molecule has 0 aromatic carbocycles. The first-order valence-corrected chi connectivity index (χ1v) is 7.71. The van der Waals surface area contributed by atoms with Gasteiger partial charge in [0, 0.05) is 0 Å². The Morgan fingerprint density at radius 1 is 0.938 bits per heavy atom. The van der Waals surface area contributed by atoms with Gasteiger partial charge in [0.2, 0.25) is 0 Å². The van der Waals surface area contributed by atoms with Crippen molar-refractivity contribution in [3.8, 4) is 0 Å². The fourth-order valence-corrected chi connectivity index (χ4v) is 2.31. The molecule has 0 aliphatic heterocycles. The Kier molecular flexibility index (Phi) is 12.0. The first kappa shape index (κ1) is 16.3. The molecule has 0 rings (SSSR count). The SMILES string of the molecule is CCCCCCCCCC(CC)OP(O)O. The zero-order chi connectivity index (χ0) is 12.2. The molecule has 0 heterocycles. The lowest BCUT2D eigenvalue weighted by Gasteiger charge is -2.15. The van der Waals surface area contributed by atoms with Crippen LogP contribution in [0, 0.1) is 0 Å². The second kappa shape index (κ2) is 11.8. The molecule has 2 N–H and O–H groups in total. The van der Waals surface area contributed by atoms with Gasteiger partial charge >= 0.3 is 8.60 Å². The van der Waals surface area contributed by atoms with E-state index in [1.807, 2.05) is 6.92 Å². The number of hydrogen-bond donors (Lipinski definition) is 2. The van der Waals surface area contributed by atoms with E-state index in [1.165, 1.54) is 38.5 Å². The largest absolute Gasteiger partial charge is 0.328 e. The highest BCUT2D eigenvalue weighted by molar-refractivity contribution is 7.39. The molecular formula is C12H27O3P. The van der Waals surface area contributed by atoms with Crippen molar-refractivity contribution in [2.45, 2.75) is 77.7 Å². The van der Waals surface area contributed by atoms with E-state index in [0.717, 1.165) is 19.3 Å². The van der Waals surface area contributed by atoms with Gasteiger partial charge in [-0.2, -0.15) is 0 Å². The molecule has 0 amide bonds. The van der Waals surface area contributed by atoms with Crippen LogP contribution in [0.2, 0.25) is 0 Å². The summed E-state index contributed by atoms with van der Waals surface area (Å²) in [5, 5.41) is 0. The summed E-state index contributed by atoms with van der Waals surface area (Å²) in [6, 6.07) is 0. The highest BCUT2D eigenvalue weighted by Crippen LogP contribution is 2.29. The summed E-state index contributed by atoms with van der Waals surface area (Å²) in [5.41, 5.74) is 0. The van der Waals surface area contributed by atoms with Crippen LogP contribution in [0.3, 0.4) is 0 Å². The number of hydrogen-bond acceptors (Lipinski definition) is 3. The van der Waals surface area contributed by atoms with Crippen molar-refractivity contribution in [2.75, 3.05) is 0 Å². The van der Waals surface area contributed by atoms with Crippen molar-refractivity contribution in [1.82, 2.24) is 0 Å². The molecule has 0 radical (unpaired) electrons. The number of rotatable bonds is 11. The van der Waals surface area contributed by atoms with Crippen LogP contribution in [0.5, 0.6) is 0 Å². The van der Waals surface area contributed by atoms with Crippen LogP contribution in [0.4, 0.5) is 0 Å². The predicted molar refractivity (Wildman–Crippen MR) is 69.1 cm³/mol. The van der Waals surface area contributed by atoms with E-state index in [2.05, 4.69) is 6.92 Å². The first-order chi connectivity index (χ1) is 7.70. The molecule has 16 heavy (non-hydrogen) atoms. The second-order valence-corrected chi connectivity index (χ2v) is 5.01. The quantitative estimate of drug-likeness (QED) is 0.428. The molecule has 1 unspecified atom stereocenters. The normalized spacial score (nSPS) is 13.3. The van der Waals surface area contributed by atoms with E-state index in [4.69, 9.17) is 14.3 Å². The fourth-order valence-electron chi connectivity index (χ4n) is 1.79. The third-order valence-electron chi connectivity index (χ3n) is 2.83. The molecule has 0 aliphatic carbocycles. The lowest BCUT2D eigenvalue weighted by atomic mass is 10.1. The molecular weight excluding hydrogens is 223 g/mol. The maximum absolute atomic E-state index is 8.75. The van der Waals surface area contributed by atoms with E-state index in [0.29, 0.717) is 0 Å². The van der Waals surface area contributed by atoms with Gasteiger partial charge in [0.1, 0.15) is 0 Å². The summed E-state index contributed by atoms with van der Waals surface area (Å²) in [6.07, 6.45) is 10.8. The minimum Gasteiger partial charge on any atom is -0.328 e. The highest BCUT2D eigenvalue weighted by atomic mass is 31.2. The third-order valence-corrected chi connectivity index (χ3v) is 3.32. The summed E-state index contributed by atoms with van der Waals surface area (Å²) in [4.78, 5) is 17.5. The molecule has 1 atom stereocenters. The minimum absolute atomic E-state index is 0.0248. The second-order valence-electron chi connectivity index (χ2n) is 4.30. The Balaban J connectivity index is 3.27. The summed E-state index contributed by atoms with van der Waals surface area (Å²) >= 11 is 0. The van der Waals surface area contributed by atoms with Crippen LogP contribution in [-0.4, -0.2) is 15.9 Å². The van der Waals surface area contributed by atoms with E-state index in [9.17, 15) is 0 Å². The monoisotopic (exact) mass is 250 g/mol. The van der Waals surface area contributed by atoms with Crippen LogP contribution < -0.4 is 0 Å². The Morgan fingerprint density at radius 2 is 1.50 bits per heavy atom. The van der Waals surface area contributed by atoms with Crippen molar-refractivity contribution in [1.29, 1.82) is 0 Å². The lowest BCUT2D eigenvalue weighted by molar-refractivity contribution is 0.155. The molecule has 0 spiro atoms. The van der Waals surface area contributed by atoms with Crippen LogP contribution >= 0.6 is 8.60 Å². The van der Waals surface area contributed by atoms with Crippen LogP contribution in [0.15, 0.2) is 0 Å². The molecule has 0 bridgehead atoms. The van der Waals surface area contributed by atoms with Crippen LogP contribution in [0.1, 0.15) is 71.6 Å². The minimum atomic E-state index is -2.18. The van der Waals surface area contributed by atoms with Crippen molar-refractivity contribution in [2.24, 2.45) is 0 Å². The topological polar surface area (TPSA) is 49.7 Å². The van der Waals surface area contributed by atoms with Gasteiger partial charge in [-0.25, -0.2) is 0 Å². The molecule has 98 valence electrons.